The summed E-state index contributed by atoms with van der Waals surface area (Å²) >= 11 is 0. The molecule has 0 aliphatic rings. The number of benzene rings is 1. The van der Waals surface area contributed by atoms with E-state index in [4.69, 9.17) is 0 Å². The van der Waals surface area contributed by atoms with E-state index in [1.807, 2.05) is 6.08 Å². The number of quaternary nitrogens is 1. The molecular formula is C26H46ClN. The van der Waals surface area contributed by atoms with Crippen LogP contribution in [-0.2, 0) is 6.54 Å². The molecular weight excluding hydrogens is 362 g/mol. The van der Waals surface area contributed by atoms with Crippen LogP contribution in [0.15, 0.2) is 30.8 Å². The molecule has 0 unspecified atom stereocenters. The highest BCUT2D eigenvalue weighted by atomic mass is 35.5. The molecule has 0 amide bonds. The van der Waals surface area contributed by atoms with Gasteiger partial charge >= 0.3 is 0 Å². The van der Waals surface area contributed by atoms with Gasteiger partial charge in [0.2, 0.25) is 0 Å². The number of rotatable bonds is 17. The molecule has 0 aromatic heterocycles. The summed E-state index contributed by atoms with van der Waals surface area (Å²) < 4.78 is 1.20. The highest BCUT2D eigenvalue weighted by molar-refractivity contribution is 5.47. The van der Waals surface area contributed by atoms with Crippen LogP contribution in [-0.4, -0.2) is 24.6 Å². The van der Waals surface area contributed by atoms with Gasteiger partial charge in [-0.15, -0.1) is 0 Å². The molecule has 1 aromatic rings. The van der Waals surface area contributed by atoms with Gasteiger partial charge in [-0.05, 0) is 37.3 Å². The summed E-state index contributed by atoms with van der Waals surface area (Å²) in [5, 5.41) is 0. The normalized spacial score (nSPS) is 11.2. The van der Waals surface area contributed by atoms with Crippen LogP contribution >= 0.6 is 0 Å². The molecule has 0 atom stereocenters. The van der Waals surface area contributed by atoms with Gasteiger partial charge in [-0.3, -0.25) is 0 Å². The highest BCUT2D eigenvalue weighted by Gasteiger charge is 2.21. The van der Waals surface area contributed by atoms with Crippen molar-refractivity contribution in [2.24, 2.45) is 0 Å². The number of hydrogen-bond donors (Lipinski definition) is 0. The van der Waals surface area contributed by atoms with Crippen molar-refractivity contribution >= 4 is 6.08 Å². The molecule has 1 nitrogen and oxygen atoms in total. The first-order chi connectivity index (χ1) is 13.1. The zero-order valence-corrected chi connectivity index (χ0v) is 19.8. The van der Waals surface area contributed by atoms with Crippen LogP contribution in [0, 0.1) is 0 Å². The minimum Gasteiger partial charge on any atom is -1.00 e. The third kappa shape index (κ3) is 12.6. The van der Waals surface area contributed by atoms with E-state index in [0.29, 0.717) is 0 Å². The maximum Gasteiger partial charge on any atom is 0.104 e. The number of halogens is 1. The van der Waals surface area contributed by atoms with Gasteiger partial charge in [0.05, 0.1) is 20.1 Å². The Balaban J connectivity index is 0.00000729. The lowest BCUT2D eigenvalue weighted by Gasteiger charge is -2.35. The van der Waals surface area contributed by atoms with Crippen molar-refractivity contribution in [2.75, 3.05) is 20.1 Å². The summed E-state index contributed by atoms with van der Waals surface area (Å²) in [6.45, 7) is 12.3. The molecule has 0 fully saturated rings. The summed E-state index contributed by atoms with van der Waals surface area (Å²) in [5.74, 6) is 0. The molecule has 0 aliphatic carbocycles. The van der Waals surface area contributed by atoms with Crippen molar-refractivity contribution in [1.82, 2.24) is 0 Å². The fourth-order valence-electron chi connectivity index (χ4n) is 4.08. The van der Waals surface area contributed by atoms with Crippen molar-refractivity contribution in [1.29, 1.82) is 0 Å². The van der Waals surface area contributed by atoms with E-state index >= 15 is 0 Å². The standard InChI is InChI=1S/C26H46N.ClH/c1-5-8-10-12-14-16-21-27(4,22-17-15-13-11-9-6-2)24-26-20-18-19-25(7-3)23-26;/h7,18-20,23H,3,5-6,8-17,21-22,24H2,1-2,4H3;1H/q+1;/p-1. The first-order valence-electron chi connectivity index (χ1n) is 11.7. The predicted octanol–water partition coefficient (Wildman–Crippen LogP) is 5.00. The second-order valence-electron chi connectivity index (χ2n) is 8.71. The Hall–Kier alpha value is -0.790. The van der Waals surface area contributed by atoms with Gasteiger partial charge in [0.1, 0.15) is 6.54 Å². The maximum absolute atomic E-state index is 3.93. The van der Waals surface area contributed by atoms with E-state index in [1.54, 1.807) is 0 Å². The van der Waals surface area contributed by atoms with Crippen LogP contribution < -0.4 is 12.4 Å². The quantitative estimate of drug-likeness (QED) is 0.252. The first-order valence-corrected chi connectivity index (χ1v) is 11.7. The fourth-order valence-corrected chi connectivity index (χ4v) is 4.08. The molecule has 0 saturated heterocycles. The maximum atomic E-state index is 3.93. The smallest absolute Gasteiger partial charge is 0.104 e. The summed E-state index contributed by atoms with van der Waals surface area (Å²) in [7, 11) is 2.48. The van der Waals surface area contributed by atoms with E-state index in [1.165, 1.54) is 106 Å². The molecule has 0 bridgehead atoms. The molecule has 28 heavy (non-hydrogen) atoms. The fraction of sp³-hybridized carbons (Fsp3) is 0.692. The first kappa shape index (κ1) is 27.2. The third-order valence-corrected chi connectivity index (χ3v) is 5.85. The Morgan fingerprint density at radius 1 is 0.786 bits per heavy atom. The molecule has 2 heteroatoms. The van der Waals surface area contributed by atoms with Crippen molar-refractivity contribution < 1.29 is 16.9 Å². The average molecular weight is 408 g/mol. The van der Waals surface area contributed by atoms with Crippen molar-refractivity contribution in [3.8, 4) is 0 Å². The SMILES string of the molecule is C=Cc1cccc(C[N+](C)(CCCCCCCC)CCCCCCCC)c1.[Cl-]. The summed E-state index contributed by atoms with van der Waals surface area (Å²) in [5.41, 5.74) is 2.71. The summed E-state index contributed by atoms with van der Waals surface area (Å²) in [6.07, 6.45) is 18.6. The number of unbranched alkanes of at least 4 members (excludes halogenated alkanes) is 10. The Bertz CT molecular complexity index is 481. The van der Waals surface area contributed by atoms with Crippen molar-refractivity contribution in [2.45, 2.75) is 97.4 Å². The van der Waals surface area contributed by atoms with Gasteiger partial charge in [0.15, 0.2) is 0 Å². The highest BCUT2D eigenvalue weighted by Crippen LogP contribution is 2.19. The zero-order valence-electron chi connectivity index (χ0n) is 19.0. The second kappa shape index (κ2) is 17.1. The van der Waals surface area contributed by atoms with Gasteiger partial charge in [-0.1, -0.05) is 96.1 Å². The lowest BCUT2D eigenvalue weighted by molar-refractivity contribution is -0.923. The Morgan fingerprint density at radius 3 is 1.79 bits per heavy atom. The van der Waals surface area contributed by atoms with Gasteiger partial charge in [0.25, 0.3) is 0 Å². The average Bonchev–Trinajstić information content (AvgIpc) is 2.67. The van der Waals surface area contributed by atoms with Gasteiger partial charge in [-0.2, -0.15) is 0 Å². The topological polar surface area (TPSA) is 0 Å². The predicted molar refractivity (Wildman–Crippen MR) is 123 cm³/mol. The number of hydrogen-bond acceptors (Lipinski definition) is 0. The van der Waals surface area contributed by atoms with E-state index in [0.717, 1.165) is 6.54 Å². The molecule has 162 valence electrons. The molecule has 0 spiro atoms. The van der Waals surface area contributed by atoms with E-state index in [-0.39, 0.29) is 12.4 Å². The molecule has 1 rings (SSSR count). The van der Waals surface area contributed by atoms with Crippen LogP contribution in [0.5, 0.6) is 0 Å². The largest absolute Gasteiger partial charge is 1.00 e. The van der Waals surface area contributed by atoms with E-state index < -0.39 is 0 Å². The minimum atomic E-state index is 0. The second-order valence-corrected chi connectivity index (χ2v) is 8.71. The summed E-state index contributed by atoms with van der Waals surface area (Å²) in [6, 6.07) is 8.96. The summed E-state index contributed by atoms with van der Waals surface area (Å²) in [4.78, 5) is 0. The number of nitrogens with zero attached hydrogens (tertiary/aromatic N) is 1. The molecule has 0 heterocycles. The van der Waals surface area contributed by atoms with Crippen LogP contribution in [0.4, 0.5) is 0 Å². The van der Waals surface area contributed by atoms with Gasteiger partial charge in [-0.25, -0.2) is 0 Å². The monoisotopic (exact) mass is 407 g/mol. The molecule has 0 radical (unpaired) electrons. The third-order valence-electron chi connectivity index (χ3n) is 5.85. The van der Waals surface area contributed by atoms with E-state index in [2.05, 4.69) is 51.7 Å². The van der Waals surface area contributed by atoms with Gasteiger partial charge in [0, 0.05) is 5.56 Å². The van der Waals surface area contributed by atoms with Crippen LogP contribution in [0.25, 0.3) is 6.08 Å². The zero-order chi connectivity index (χ0) is 19.8. The molecule has 0 saturated carbocycles. The van der Waals surface area contributed by atoms with Crippen LogP contribution in [0.3, 0.4) is 0 Å². The lowest BCUT2D eigenvalue weighted by Crippen LogP contribution is -3.00. The molecule has 0 N–H and O–H groups in total. The lowest BCUT2D eigenvalue weighted by atomic mass is 10.1. The van der Waals surface area contributed by atoms with E-state index in [9.17, 15) is 0 Å². The minimum absolute atomic E-state index is 0. The Morgan fingerprint density at radius 2 is 1.29 bits per heavy atom. The van der Waals surface area contributed by atoms with Crippen molar-refractivity contribution in [3.05, 3.63) is 42.0 Å². The van der Waals surface area contributed by atoms with Gasteiger partial charge < -0.3 is 16.9 Å². The van der Waals surface area contributed by atoms with Crippen LogP contribution in [0.1, 0.15) is 102 Å². The molecule has 0 aliphatic heterocycles. The Kier molecular flexibility index (Phi) is 16.6. The van der Waals surface area contributed by atoms with Crippen LogP contribution in [0.2, 0.25) is 0 Å². The van der Waals surface area contributed by atoms with Crippen molar-refractivity contribution in [3.63, 3.8) is 0 Å². The molecule has 1 aromatic carbocycles. The Labute approximate surface area is 182 Å².